The summed E-state index contributed by atoms with van der Waals surface area (Å²) in [5.74, 6) is 0.862. The molecule has 0 spiro atoms. The third-order valence-corrected chi connectivity index (χ3v) is 5.40. The van der Waals surface area contributed by atoms with Crippen LogP contribution in [0.15, 0.2) is 12.3 Å². The Hall–Kier alpha value is -1.07. The predicted molar refractivity (Wildman–Crippen MR) is 131 cm³/mol. The van der Waals surface area contributed by atoms with Gasteiger partial charge in [-0.15, -0.1) is 0 Å². The number of carbonyl (C=O) groups excluding carboxylic acids is 1. The zero-order valence-corrected chi connectivity index (χ0v) is 21.7. The number of nitrogens with one attached hydrogen (secondary N) is 2. The number of piperidine rings is 1. The van der Waals surface area contributed by atoms with E-state index in [0.717, 1.165) is 37.4 Å². The minimum atomic E-state index is 0.160. The summed E-state index contributed by atoms with van der Waals surface area (Å²) in [6, 6.07) is 0.527. The van der Waals surface area contributed by atoms with Crippen molar-refractivity contribution in [2.45, 2.75) is 118 Å². The number of nitrogens with two attached hydrogens (primary N) is 1. The van der Waals surface area contributed by atoms with E-state index in [1.807, 2.05) is 13.8 Å². The van der Waals surface area contributed by atoms with Gasteiger partial charge < -0.3 is 21.3 Å². The van der Waals surface area contributed by atoms with Crippen molar-refractivity contribution in [3.63, 3.8) is 0 Å². The first-order valence-electron chi connectivity index (χ1n) is 11.6. The van der Waals surface area contributed by atoms with E-state index < -0.39 is 0 Å². The Morgan fingerprint density at radius 3 is 2.10 bits per heavy atom. The molecule has 1 fully saturated rings. The summed E-state index contributed by atoms with van der Waals surface area (Å²) in [7, 11) is 0. The van der Waals surface area contributed by atoms with Crippen LogP contribution >= 0.6 is 0 Å². The van der Waals surface area contributed by atoms with Crippen LogP contribution < -0.4 is 16.4 Å². The molecule has 0 saturated carbocycles. The summed E-state index contributed by atoms with van der Waals surface area (Å²) in [5.41, 5.74) is 7.92. The van der Waals surface area contributed by atoms with E-state index in [4.69, 9.17) is 5.73 Å². The van der Waals surface area contributed by atoms with Crippen LogP contribution in [0, 0.1) is 11.3 Å². The van der Waals surface area contributed by atoms with Crippen LogP contribution in [0.4, 0.5) is 0 Å². The van der Waals surface area contributed by atoms with Crippen molar-refractivity contribution in [2.24, 2.45) is 17.1 Å². The van der Waals surface area contributed by atoms with Gasteiger partial charge in [0, 0.05) is 41.9 Å². The Balaban J connectivity index is 0.000000642. The lowest BCUT2D eigenvalue weighted by Crippen LogP contribution is -2.57. The first kappa shape index (κ1) is 28.9. The maximum atomic E-state index is 10.4. The fourth-order valence-electron chi connectivity index (χ4n) is 5.22. The van der Waals surface area contributed by atoms with Gasteiger partial charge in [0.25, 0.3) is 0 Å². The third kappa shape index (κ3) is 13.3. The number of hydrogen-bond donors (Lipinski definition) is 3. The van der Waals surface area contributed by atoms with Crippen molar-refractivity contribution in [1.82, 2.24) is 15.5 Å². The summed E-state index contributed by atoms with van der Waals surface area (Å²) in [4.78, 5) is 12.6. The van der Waals surface area contributed by atoms with Crippen molar-refractivity contribution in [3.8, 4) is 0 Å². The van der Waals surface area contributed by atoms with Crippen molar-refractivity contribution in [3.05, 3.63) is 12.3 Å². The van der Waals surface area contributed by atoms with Crippen LogP contribution in [-0.2, 0) is 4.79 Å². The predicted octanol–water partition coefficient (Wildman–Crippen LogP) is 4.67. The van der Waals surface area contributed by atoms with Crippen LogP contribution in [0.1, 0.15) is 94.9 Å². The van der Waals surface area contributed by atoms with Crippen molar-refractivity contribution in [2.75, 3.05) is 13.1 Å². The van der Waals surface area contributed by atoms with Gasteiger partial charge in [-0.1, -0.05) is 34.3 Å². The molecule has 1 aliphatic rings. The molecule has 0 bridgehead atoms. The molecule has 2 atom stereocenters. The average molecular weight is 425 g/mol. The summed E-state index contributed by atoms with van der Waals surface area (Å²) in [5, 5.41) is 6.37. The molecule has 1 amide bonds. The summed E-state index contributed by atoms with van der Waals surface area (Å²) < 4.78 is 0. The fraction of sp³-hybridized carbons (Fsp3) is 0.880. The second-order valence-corrected chi connectivity index (χ2v) is 12.0. The fourth-order valence-corrected chi connectivity index (χ4v) is 5.22. The van der Waals surface area contributed by atoms with E-state index in [1.54, 1.807) is 0 Å². The van der Waals surface area contributed by atoms with Gasteiger partial charge in [0.1, 0.15) is 0 Å². The van der Waals surface area contributed by atoms with E-state index in [2.05, 4.69) is 77.5 Å². The highest BCUT2D eigenvalue weighted by Gasteiger charge is 2.35. The Morgan fingerprint density at radius 2 is 1.77 bits per heavy atom. The monoisotopic (exact) mass is 424 g/mol. The zero-order chi connectivity index (χ0) is 23.8. The maximum Gasteiger partial charge on any atom is 0.207 e. The van der Waals surface area contributed by atoms with Crippen LogP contribution in [-0.4, -0.2) is 47.6 Å². The lowest BCUT2D eigenvalue weighted by Gasteiger charge is -2.45. The molecule has 1 saturated heterocycles. The topological polar surface area (TPSA) is 70.4 Å². The molecule has 1 rings (SSSR count). The number of hydrogen-bond acceptors (Lipinski definition) is 4. The molecule has 0 aliphatic carbocycles. The number of carbonyl (C=O) groups is 1. The average Bonchev–Trinajstić information content (AvgIpc) is 2.45. The number of nitrogens with zero attached hydrogens (tertiary/aromatic N) is 1. The first-order valence-corrected chi connectivity index (χ1v) is 11.6. The van der Waals surface area contributed by atoms with Crippen molar-refractivity contribution in [1.29, 1.82) is 0 Å². The van der Waals surface area contributed by atoms with Crippen molar-refractivity contribution < 1.29 is 4.79 Å². The smallest absolute Gasteiger partial charge is 0.207 e. The quantitative estimate of drug-likeness (QED) is 0.371. The van der Waals surface area contributed by atoms with E-state index in [-0.39, 0.29) is 11.5 Å². The van der Waals surface area contributed by atoms with Crippen molar-refractivity contribution >= 4 is 6.41 Å². The second kappa shape index (κ2) is 12.1. The van der Waals surface area contributed by atoms with Crippen LogP contribution in [0.25, 0.3) is 0 Å². The normalized spacial score (nSPS) is 20.4. The Labute approximate surface area is 187 Å². The molecule has 2 unspecified atom stereocenters. The van der Waals surface area contributed by atoms with Gasteiger partial charge in [-0.25, -0.2) is 0 Å². The molecular formula is C25H52N4O. The highest BCUT2D eigenvalue weighted by molar-refractivity contribution is 5.45. The SMILES string of the molecule is C=C(C)N(CCNC=O)C(CC(C)N)CC(C)(C)C.CC1CC(C)(C)NC(C)(C)C1. The molecule has 1 heterocycles. The molecular weight excluding hydrogens is 372 g/mol. The maximum absolute atomic E-state index is 10.4. The lowest BCUT2D eigenvalue weighted by molar-refractivity contribution is -0.109. The second-order valence-electron chi connectivity index (χ2n) is 12.0. The molecule has 0 aromatic heterocycles. The molecule has 178 valence electrons. The minimum Gasteiger partial charge on any atom is -0.371 e. The highest BCUT2D eigenvalue weighted by Crippen LogP contribution is 2.32. The summed E-state index contributed by atoms with van der Waals surface area (Å²) in [6.45, 7) is 27.8. The van der Waals surface area contributed by atoms with E-state index in [9.17, 15) is 4.79 Å². The minimum absolute atomic E-state index is 0.160. The Morgan fingerprint density at radius 1 is 1.27 bits per heavy atom. The van der Waals surface area contributed by atoms with Crippen LogP contribution in [0.5, 0.6) is 0 Å². The largest absolute Gasteiger partial charge is 0.371 e. The van der Waals surface area contributed by atoms with Gasteiger partial charge in [-0.3, -0.25) is 4.79 Å². The molecule has 4 N–H and O–H groups in total. The van der Waals surface area contributed by atoms with E-state index >= 15 is 0 Å². The standard InChI is InChI=1S/C15H31N3O.C10H21N/c1-12(2)18(8-7-17-11-19)14(9-13(3)16)10-15(4,5)6;1-8-6-9(2,3)11-10(4,5)7-8/h11,13-14H,1,7-10,16H2,2-6H3,(H,17,19);8,11H,6-7H2,1-5H3. The van der Waals surface area contributed by atoms with Gasteiger partial charge in [0.05, 0.1) is 0 Å². The van der Waals surface area contributed by atoms with E-state index in [1.165, 1.54) is 12.8 Å². The summed E-state index contributed by atoms with van der Waals surface area (Å²) >= 11 is 0. The highest BCUT2D eigenvalue weighted by atomic mass is 16.1. The van der Waals surface area contributed by atoms with Crippen LogP contribution in [0.2, 0.25) is 0 Å². The number of amides is 1. The Kier molecular flexibility index (Phi) is 11.7. The lowest BCUT2D eigenvalue weighted by atomic mass is 9.77. The number of rotatable bonds is 9. The van der Waals surface area contributed by atoms with Gasteiger partial charge >= 0.3 is 0 Å². The van der Waals surface area contributed by atoms with Gasteiger partial charge in [-0.05, 0) is 78.6 Å². The molecule has 0 radical (unpaired) electrons. The van der Waals surface area contributed by atoms with Gasteiger partial charge in [0.15, 0.2) is 0 Å². The molecule has 5 nitrogen and oxygen atoms in total. The molecule has 0 aromatic carbocycles. The number of allylic oxidation sites excluding steroid dienone is 1. The van der Waals surface area contributed by atoms with Gasteiger partial charge in [0.2, 0.25) is 6.41 Å². The molecule has 5 heteroatoms. The molecule has 30 heavy (non-hydrogen) atoms. The summed E-state index contributed by atoms with van der Waals surface area (Å²) in [6.07, 6.45) is 5.33. The van der Waals surface area contributed by atoms with Gasteiger partial charge in [-0.2, -0.15) is 0 Å². The molecule has 1 aliphatic heterocycles. The molecule has 0 aromatic rings. The van der Waals surface area contributed by atoms with E-state index in [0.29, 0.717) is 23.7 Å². The Bertz CT molecular complexity index is 504. The third-order valence-electron chi connectivity index (χ3n) is 5.40. The van der Waals surface area contributed by atoms with Crippen LogP contribution in [0.3, 0.4) is 0 Å². The zero-order valence-electron chi connectivity index (χ0n) is 21.7. The first-order chi connectivity index (χ1) is 13.5.